The lowest BCUT2D eigenvalue weighted by Crippen LogP contribution is -1.82. The molecular weight excluding hydrogens is 260 g/mol. The maximum Gasteiger partial charge on any atom is 0.101 e. The molecule has 0 N–H and O–H groups in total. The predicted molar refractivity (Wildman–Crippen MR) is 59.0 cm³/mol. The van der Waals surface area contributed by atoms with Gasteiger partial charge in [0, 0.05) is 10.1 Å². The standard InChI is InChI=1S/C10H3BrN2S/c11-10-3-7-8(5-13)6(4-12)1-2-9(7)14-10/h1-3H. The van der Waals surface area contributed by atoms with E-state index in [2.05, 4.69) is 22.0 Å². The van der Waals surface area contributed by atoms with Crippen LogP contribution in [0.3, 0.4) is 0 Å². The van der Waals surface area contributed by atoms with E-state index in [-0.39, 0.29) is 0 Å². The monoisotopic (exact) mass is 262 g/mol. The summed E-state index contributed by atoms with van der Waals surface area (Å²) < 4.78 is 1.99. The van der Waals surface area contributed by atoms with Crippen LogP contribution in [0.1, 0.15) is 11.1 Å². The normalized spacial score (nSPS) is 9.64. The van der Waals surface area contributed by atoms with Gasteiger partial charge in [-0.2, -0.15) is 10.5 Å². The molecule has 1 aromatic heterocycles. The molecule has 0 radical (unpaired) electrons. The maximum atomic E-state index is 8.95. The zero-order chi connectivity index (χ0) is 10.1. The first kappa shape index (κ1) is 9.21. The van der Waals surface area contributed by atoms with Crippen LogP contribution in [-0.2, 0) is 0 Å². The van der Waals surface area contributed by atoms with Crippen LogP contribution in [-0.4, -0.2) is 0 Å². The molecule has 0 fully saturated rings. The highest BCUT2D eigenvalue weighted by molar-refractivity contribution is 9.11. The number of halogens is 1. The van der Waals surface area contributed by atoms with Gasteiger partial charge >= 0.3 is 0 Å². The Morgan fingerprint density at radius 2 is 2.00 bits per heavy atom. The minimum Gasteiger partial charge on any atom is -0.192 e. The lowest BCUT2D eigenvalue weighted by atomic mass is 10.1. The van der Waals surface area contributed by atoms with Crippen LogP contribution in [0.15, 0.2) is 22.0 Å². The Balaban J connectivity index is 2.93. The number of benzene rings is 1. The molecule has 1 aromatic carbocycles. The third-order valence-corrected chi connectivity index (χ3v) is 3.51. The van der Waals surface area contributed by atoms with Gasteiger partial charge in [-0.3, -0.25) is 0 Å². The van der Waals surface area contributed by atoms with Gasteiger partial charge in [-0.15, -0.1) is 11.3 Å². The van der Waals surface area contributed by atoms with Crippen molar-refractivity contribution in [3.8, 4) is 12.1 Å². The van der Waals surface area contributed by atoms with Crippen LogP contribution < -0.4 is 0 Å². The number of nitrogens with zero attached hydrogens (tertiary/aromatic N) is 2. The van der Waals surface area contributed by atoms with E-state index < -0.39 is 0 Å². The average molecular weight is 263 g/mol. The van der Waals surface area contributed by atoms with E-state index in [4.69, 9.17) is 10.5 Å². The Morgan fingerprint density at radius 1 is 1.21 bits per heavy atom. The van der Waals surface area contributed by atoms with Gasteiger partial charge in [0.15, 0.2) is 0 Å². The summed E-state index contributed by atoms with van der Waals surface area (Å²) in [6.07, 6.45) is 0. The number of hydrogen-bond acceptors (Lipinski definition) is 3. The Kier molecular flexibility index (Phi) is 2.25. The second-order valence-electron chi connectivity index (χ2n) is 2.67. The van der Waals surface area contributed by atoms with Crippen molar-refractivity contribution in [2.24, 2.45) is 0 Å². The third-order valence-electron chi connectivity index (χ3n) is 1.90. The molecular formula is C10H3BrN2S. The molecule has 2 nitrogen and oxygen atoms in total. The molecule has 2 rings (SSSR count). The summed E-state index contributed by atoms with van der Waals surface area (Å²) in [6.45, 7) is 0. The first-order chi connectivity index (χ1) is 6.76. The van der Waals surface area contributed by atoms with Gasteiger partial charge in [0.05, 0.1) is 14.9 Å². The van der Waals surface area contributed by atoms with E-state index in [1.807, 2.05) is 18.2 Å². The minimum absolute atomic E-state index is 0.435. The van der Waals surface area contributed by atoms with E-state index >= 15 is 0 Å². The Hall–Kier alpha value is -1.36. The van der Waals surface area contributed by atoms with Crippen LogP contribution >= 0.6 is 27.3 Å². The van der Waals surface area contributed by atoms with Gasteiger partial charge < -0.3 is 0 Å². The quantitative estimate of drug-likeness (QED) is 0.731. The van der Waals surface area contributed by atoms with E-state index in [9.17, 15) is 0 Å². The molecule has 0 aliphatic rings. The topological polar surface area (TPSA) is 47.6 Å². The summed E-state index contributed by atoms with van der Waals surface area (Å²) in [4.78, 5) is 0. The van der Waals surface area contributed by atoms with Crippen molar-refractivity contribution in [1.82, 2.24) is 0 Å². The van der Waals surface area contributed by atoms with E-state index in [1.54, 1.807) is 17.4 Å². The molecule has 66 valence electrons. The Labute approximate surface area is 93.1 Å². The van der Waals surface area contributed by atoms with Gasteiger partial charge in [-0.1, -0.05) is 0 Å². The molecule has 0 saturated heterocycles. The molecule has 4 heteroatoms. The zero-order valence-corrected chi connectivity index (χ0v) is 9.32. The summed E-state index contributed by atoms with van der Waals surface area (Å²) in [7, 11) is 0. The smallest absolute Gasteiger partial charge is 0.101 e. The molecule has 1 heterocycles. The summed E-state index contributed by atoms with van der Waals surface area (Å²) in [6, 6.07) is 9.50. The number of nitriles is 2. The van der Waals surface area contributed by atoms with Crippen molar-refractivity contribution in [2.75, 3.05) is 0 Å². The number of fused-ring (bicyclic) bond motifs is 1. The molecule has 0 atom stereocenters. The van der Waals surface area contributed by atoms with Crippen molar-refractivity contribution in [3.63, 3.8) is 0 Å². The summed E-state index contributed by atoms with van der Waals surface area (Å²) >= 11 is 4.92. The van der Waals surface area contributed by atoms with Gasteiger partial charge in [-0.05, 0) is 34.1 Å². The molecule has 0 saturated carbocycles. The number of hydrogen-bond donors (Lipinski definition) is 0. The van der Waals surface area contributed by atoms with Crippen molar-refractivity contribution in [1.29, 1.82) is 10.5 Å². The van der Waals surface area contributed by atoms with E-state index in [0.29, 0.717) is 11.1 Å². The highest BCUT2D eigenvalue weighted by Gasteiger charge is 2.09. The van der Waals surface area contributed by atoms with Gasteiger partial charge in [0.25, 0.3) is 0 Å². The highest BCUT2D eigenvalue weighted by atomic mass is 79.9. The van der Waals surface area contributed by atoms with Crippen molar-refractivity contribution >= 4 is 37.4 Å². The molecule has 0 spiro atoms. The van der Waals surface area contributed by atoms with Crippen LogP contribution in [0.4, 0.5) is 0 Å². The summed E-state index contributed by atoms with van der Waals surface area (Å²) in [5.41, 5.74) is 0.900. The molecule has 14 heavy (non-hydrogen) atoms. The predicted octanol–water partition coefficient (Wildman–Crippen LogP) is 3.41. The lowest BCUT2D eigenvalue weighted by molar-refractivity contribution is 1.46. The van der Waals surface area contributed by atoms with Gasteiger partial charge in [-0.25, -0.2) is 0 Å². The fourth-order valence-electron chi connectivity index (χ4n) is 1.29. The fraction of sp³-hybridized carbons (Fsp3) is 0. The third kappa shape index (κ3) is 1.29. The van der Waals surface area contributed by atoms with E-state index in [1.165, 1.54) is 0 Å². The van der Waals surface area contributed by atoms with Gasteiger partial charge in [0.1, 0.15) is 12.1 Å². The summed E-state index contributed by atoms with van der Waals surface area (Å²) in [5, 5.41) is 18.6. The highest BCUT2D eigenvalue weighted by Crippen LogP contribution is 2.32. The molecule has 0 amide bonds. The fourth-order valence-corrected chi connectivity index (χ4v) is 2.84. The SMILES string of the molecule is N#Cc1ccc2sc(Br)cc2c1C#N. The lowest BCUT2D eigenvalue weighted by Gasteiger charge is -1.94. The van der Waals surface area contributed by atoms with Crippen LogP contribution in [0.25, 0.3) is 10.1 Å². The number of thiophene rings is 1. The van der Waals surface area contributed by atoms with Crippen LogP contribution in [0.5, 0.6) is 0 Å². The first-order valence-electron chi connectivity index (χ1n) is 3.78. The molecule has 0 aliphatic heterocycles. The molecule has 0 unspecified atom stereocenters. The average Bonchev–Trinajstić information content (AvgIpc) is 2.56. The second kappa shape index (κ2) is 3.42. The van der Waals surface area contributed by atoms with Gasteiger partial charge in [0.2, 0.25) is 0 Å². The first-order valence-corrected chi connectivity index (χ1v) is 5.39. The minimum atomic E-state index is 0.435. The zero-order valence-electron chi connectivity index (χ0n) is 6.91. The molecule has 0 aliphatic carbocycles. The molecule has 0 bridgehead atoms. The Bertz CT molecular complexity index is 586. The van der Waals surface area contributed by atoms with Crippen LogP contribution in [0.2, 0.25) is 0 Å². The number of rotatable bonds is 0. The van der Waals surface area contributed by atoms with Crippen molar-refractivity contribution < 1.29 is 0 Å². The summed E-state index contributed by atoms with van der Waals surface area (Å²) in [5.74, 6) is 0. The largest absolute Gasteiger partial charge is 0.192 e. The Morgan fingerprint density at radius 3 is 2.64 bits per heavy atom. The maximum absolute atomic E-state index is 8.95. The van der Waals surface area contributed by atoms with Crippen molar-refractivity contribution in [3.05, 3.63) is 33.1 Å². The molecule has 2 aromatic rings. The van der Waals surface area contributed by atoms with Crippen molar-refractivity contribution in [2.45, 2.75) is 0 Å². The van der Waals surface area contributed by atoms with Crippen LogP contribution in [0, 0.1) is 22.7 Å². The van der Waals surface area contributed by atoms with E-state index in [0.717, 1.165) is 13.9 Å². The second-order valence-corrected chi connectivity index (χ2v) is 5.14.